The topological polar surface area (TPSA) is 59.6 Å². The van der Waals surface area contributed by atoms with Gasteiger partial charge in [0.05, 0.1) is 28.8 Å². The lowest BCUT2D eigenvalue weighted by atomic mass is 10.2. The highest BCUT2D eigenvalue weighted by molar-refractivity contribution is 7.80. The zero-order valence-electron chi connectivity index (χ0n) is 14.1. The van der Waals surface area contributed by atoms with Crippen LogP contribution in [0.1, 0.15) is 17.3 Å². The van der Waals surface area contributed by atoms with Crippen LogP contribution in [0, 0.1) is 0 Å². The van der Waals surface area contributed by atoms with Gasteiger partial charge in [-0.15, -0.1) is 0 Å². The molecule has 5 nitrogen and oxygen atoms in total. The van der Waals surface area contributed by atoms with E-state index < -0.39 is 5.97 Å². The van der Waals surface area contributed by atoms with Crippen molar-refractivity contribution in [2.45, 2.75) is 6.92 Å². The molecule has 0 atom stereocenters. The molecule has 138 valence electrons. The van der Waals surface area contributed by atoms with Gasteiger partial charge in [-0.05, 0) is 49.5 Å². The third-order valence-electron chi connectivity index (χ3n) is 3.20. The van der Waals surface area contributed by atoms with Gasteiger partial charge in [-0.2, -0.15) is 0 Å². The minimum atomic E-state index is -0.479. The monoisotopic (exact) mass is 412 g/mol. The van der Waals surface area contributed by atoms with Crippen LogP contribution >= 0.6 is 35.4 Å². The molecule has 2 N–H and O–H groups in total. The molecule has 0 amide bonds. The van der Waals surface area contributed by atoms with E-state index in [0.29, 0.717) is 39.7 Å². The molecule has 0 aliphatic carbocycles. The standard InChI is InChI=1S/C18H18Cl2N2O3S/c1-2-24-17(23)13-11-12(7-8-14(13)19)22-18(26)21-9-10-25-16-6-4-3-5-15(16)20/h3-8,11H,2,9-10H2,1H3,(H2,21,22,26). The molecule has 0 fully saturated rings. The van der Waals surface area contributed by atoms with Gasteiger partial charge in [0.25, 0.3) is 0 Å². The van der Waals surface area contributed by atoms with Crippen molar-refractivity contribution in [2.24, 2.45) is 0 Å². The summed E-state index contributed by atoms with van der Waals surface area (Å²) in [4.78, 5) is 11.9. The van der Waals surface area contributed by atoms with Crippen molar-refractivity contribution in [1.82, 2.24) is 5.32 Å². The molecule has 26 heavy (non-hydrogen) atoms. The maximum atomic E-state index is 11.9. The first-order valence-corrected chi connectivity index (χ1v) is 9.06. The van der Waals surface area contributed by atoms with Gasteiger partial charge in [-0.3, -0.25) is 0 Å². The summed E-state index contributed by atoms with van der Waals surface area (Å²) >= 11 is 17.3. The van der Waals surface area contributed by atoms with Crippen molar-refractivity contribution in [1.29, 1.82) is 0 Å². The molecule has 0 spiro atoms. The number of hydrogen-bond acceptors (Lipinski definition) is 4. The Morgan fingerprint density at radius 3 is 2.65 bits per heavy atom. The smallest absolute Gasteiger partial charge is 0.339 e. The number of carbonyl (C=O) groups is 1. The predicted octanol–water partition coefficient (Wildman–Crippen LogP) is 4.54. The zero-order chi connectivity index (χ0) is 18.9. The van der Waals surface area contributed by atoms with Crippen LogP contribution in [0.3, 0.4) is 0 Å². The Balaban J connectivity index is 1.83. The molecule has 2 aromatic carbocycles. The summed E-state index contributed by atoms with van der Waals surface area (Å²) in [6.45, 7) is 2.88. The minimum Gasteiger partial charge on any atom is -0.490 e. The summed E-state index contributed by atoms with van der Waals surface area (Å²) in [7, 11) is 0. The number of anilines is 1. The number of rotatable bonds is 7. The highest BCUT2D eigenvalue weighted by Crippen LogP contribution is 2.23. The van der Waals surface area contributed by atoms with Gasteiger partial charge in [0.15, 0.2) is 5.11 Å². The summed E-state index contributed by atoms with van der Waals surface area (Å²) in [5, 5.41) is 7.27. The minimum absolute atomic E-state index is 0.276. The Kier molecular flexibility index (Phi) is 7.97. The van der Waals surface area contributed by atoms with Crippen LogP contribution in [-0.2, 0) is 4.74 Å². The maximum Gasteiger partial charge on any atom is 0.339 e. The van der Waals surface area contributed by atoms with Crippen molar-refractivity contribution in [3.8, 4) is 5.75 Å². The fraction of sp³-hybridized carbons (Fsp3) is 0.222. The number of hydrogen-bond donors (Lipinski definition) is 2. The van der Waals surface area contributed by atoms with Gasteiger partial charge in [0.2, 0.25) is 0 Å². The van der Waals surface area contributed by atoms with Crippen molar-refractivity contribution in [2.75, 3.05) is 25.1 Å². The van der Waals surface area contributed by atoms with Crippen molar-refractivity contribution < 1.29 is 14.3 Å². The Morgan fingerprint density at radius 2 is 1.92 bits per heavy atom. The van der Waals surface area contributed by atoms with E-state index in [-0.39, 0.29) is 12.2 Å². The zero-order valence-corrected chi connectivity index (χ0v) is 16.4. The van der Waals surface area contributed by atoms with E-state index in [1.807, 2.05) is 12.1 Å². The molecule has 0 aliphatic heterocycles. The Labute approximate surface area is 167 Å². The van der Waals surface area contributed by atoms with Crippen LogP contribution in [0.5, 0.6) is 5.75 Å². The van der Waals surface area contributed by atoms with E-state index >= 15 is 0 Å². The average molecular weight is 413 g/mol. The first-order chi connectivity index (χ1) is 12.5. The molecular weight excluding hydrogens is 395 g/mol. The summed E-state index contributed by atoms with van der Waals surface area (Å²) < 4.78 is 10.5. The van der Waals surface area contributed by atoms with Crippen molar-refractivity contribution in [3.63, 3.8) is 0 Å². The predicted molar refractivity (Wildman–Crippen MR) is 109 cm³/mol. The molecule has 0 bridgehead atoms. The first-order valence-electron chi connectivity index (χ1n) is 7.90. The normalized spacial score (nSPS) is 10.1. The van der Waals surface area contributed by atoms with Crippen LogP contribution in [0.15, 0.2) is 42.5 Å². The quantitative estimate of drug-likeness (QED) is 0.395. The van der Waals surface area contributed by atoms with Gasteiger partial charge in [0.1, 0.15) is 12.4 Å². The van der Waals surface area contributed by atoms with E-state index in [9.17, 15) is 4.79 Å². The third kappa shape index (κ3) is 6.05. The average Bonchev–Trinajstić information content (AvgIpc) is 2.62. The van der Waals surface area contributed by atoms with E-state index in [0.717, 1.165) is 0 Å². The first kappa shape index (κ1) is 20.3. The number of thiocarbonyl (C=S) groups is 1. The third-order valence-corrected chi connectivity index (χ3v) is 4.09. The Hall–Kier alpha value is -2.02. The van der Waals surface area contributed by atoms with Crippen LogP contribution in [0.2, 0.25) is 10.0 Å². The number of ether oxygens (including phenoxy) is 2. The van der Waals surface area contributed by atoms with Crippen LogP contribution in [0.25, 0.3) is 0 Å². The molecule has 0 saturated heterocycles. The molecular formula is C18H18Cl2N2O3S. The molecule has 0 aliphatic rings. The number of esters is 1. The Bertz CT molecular complexity index is 787. The molecule has 2 rings (SSSR count). The Morgan fingerprint density at radius 1 is 1.15 bits per heavy atom. The second-order valence-corrected chi connectivity index (χ2v) is 6.30. The number of para-hydroxylation sites is 1. The fourth-order valence-electron chi connectivity index (χ4n) is 2.03. The number of benzene rings is 2. The van der Waals surface area contributed by atoms with E-state index in [4.69, 9.17) is 44.9 Å². The highest BCUT2D eigenvalue weighted by atomic mass is 35.5. The van der Waals surface area contributed by atoms with Crippen molar-refractivity contribution in [3.05, 3.63) is 58.1 Å². The summed E-state index contributed by atoms with van der Waals surface area (Å²) in [6.07, 6.45) is 0. The SMILES string of the molecule is CCOC(=O)c1cc(NC(=S)NCCOc2ccccc2Cl)ccc1Cl. The maximum absolute atomic E-state index is 11.9. The fourth-order valence-corrected chi connectivity index (χ4v) is 2.64. The lowest BCUT2D eigenvalue weighted by Crippen LogP contribution is -2.32. The summed E-state index contributed by atoms with van der Waals surface area (Å²) in [5.41, 5.74) is 0.908. The second kappa shape index (κ2) is 10.2. The van der Waals surface area contributed by atoms with Gasteiger partial charge in [-0.25, -0.2) is 4.79 Å². The molecule has 0 unspecified atom stereocenters. The van der Waals surface area contributed by atoms with E-state index in [1.54, 1.807) is 37.3 Å². The van der Waals surface area contributed by atoms with Crippen LogP contribution < -0.4 is 15.4 Å². The van der Waals surface area contributed by atoms with Crippen LogP contribution in [-0.4, -0.2) is 30.8 Å². The number of carbonyl (C=O) groups excluding carboxylic acids is 1. The lowest BCUT2D eigenvalue weighted by molar-refractivity contribution is 0.0526. The number of nitrogens with one attached hydrogen (secondary N) is 2. The highest BCUT2D eigenvalue weighted by Gasteiger charge is 2.12. The van der Waals surface area contributed by atoms with Gasteiger partial charge >= 0.3 is 5.97 Å². The van der Waals surface area contributed by atoms with Gasteiger partial charge in [-0.1, -0.05) is 35.3 Å². The van der Waals surface area contributed by atoms with Crippen molar-refractivity contribution >= 4 is 52.2 Å². The molecule has 0 saturated carbocycles. The van der Waals surface area contributed by atoms with E-state index in [2.05, 4.69) is 10.6 Å². The number of halogens is 2. The molecule has 0 aromatic heterocycles. The lowest BCUT2D eigenvalue weighted by Gasteiger charge is -2.13. The summed E-state index contributed by atoms with van der Waals surface area (Å²) in [5.74, 6) is 0.139. The van der Waals surface area contributed by atoms with Gasteiger partial charge in [0, 0.05) is 5.69 Å². The molecule has 8 heteroatoms. The van der Waals surface area contributed by atoms with E-state index in [1.165, 1.54) is 0 Å². The van der Waals surface area contributed by atoms with Gasteiger partial charge < -0.3 is 20.1 Å². The molecule has 0 radical (unpaired) electrons. The molecule has 2 aromatic rings. The molecule has 0 heterocycles. The largest absolute Gasteiger partial charge is 0.490 e. The second-order valence-electron chi connectivity index (χ2n) is 5.07. The summed E-state index contributed by atoms with van der Waals surface area (Å²) in [6, 6.07) is 12.2. The van der Waals surface area contributed by atoms with Crippen LogP contribution in [0.4, 0.5) is 5.69 Å².